The molecule has 21 heavy (non-hydrogen) atoms. The predicted octanol–water partition coefficient (Wildman–Crippen LogP) is 2.67. The van der Waals surface area contributed by atoms with Crippen molar-refractivity contribution in [3.05, 3.63) is 29.3 Å². The molecule has 0 aromatic heterocycles. The molecule has 116 valence electrons. The van der Waals surface area contributed by atoms with Gasteiger partial charge in [-0.2, -0.15) is 0 Å². The number of likely N-dealkylation sites (tertiary alicyclic amines) is 1. The zero-order valence-corrected chi connectivity index (χ0v) is 13.5. The van der Waals surface area contributed by atoms with Gasteiger partial charge in [0, 0.05) is 19.1 Å². The quantitative estimate of drug-likeness (QED) is 0.906. The zero-order chi connectivity index (χ0) is 15.4. The van der Waals surface area contributed by atoms with E-state index in [0.717, 1.165) is 37.2 Å². The molecule has 1 aliphatic rings. The third-order valence-corrected chi connectivity index (χ3v) is 4.20. The lowest BCUT2D eigenvalue weighted by molar-refractivity contribution is -0.136. The molecule has 4 heteroatoms. The smallest absolute Gasteiger partial charge is 0.263 e. The zero-order valence-electron chi connectivity index (χ0n) is 13.5. The standard InChI is InChI=1S/C17H26N2O2/c1-12-11-15(13(2)18-4)7-8-16(12)21-14(3)17(20)19-9-5-6-10-19/h7-8,11,13-14,18H,5-6,9-10H2,1-4H3. The van der Waals surface area contributed by atoms with Gasteiger partial charge in [0.15, 0.2) is 6.10 Å². The summed E-state index contributed by atoms with van der Waals surface area (Å²) in [6.07, 6.45) is 1.79. The summed E-state index contributed by atoms with van der Waals surface area (Å²) in [5.41, 5.74) is 2.29. The Labute approximate surface area is 127 Å². The fourth-order valence-corrected chi connectivity index (χ4v) is 2.68. The lowest BCUT2D eigenvalue weighted by atomic mass is 10.1. The SMILES string of the molecule is CNC(C)c1ccc(OC(C)C(=O)N2CCCC2)c(C)c1. The van der Waals surface area contributed by atoms with E-state index in [-0.39, 0.29) is 5.91 Å². The van der Waals surface area contributed by atoms with Gasteiger partial charge >= 0.3 is 0 Å². The van der Waals surface area contributed by atoms with E-state index in [4.69, 9.17) is 4.74 Å². The molecule has 0 saturated carbocycles. The molecule has 1 amide bonds. The van der Waals surface area contributed by atoms with Gasteiger partial charge in [-0.3, -0.25) is 4.79 Å². The first-order valence-electron chi connectivity index (χ1n) is 7.76. The van der Waals surface area contributed by atoms with Crippen LogP contribution in [0.5, 0.6) is 5.75 Å². The largest absolute Gasteiger partial charge is 0.481 e. The maximum atomic E-state index is 12.3. The number of nitrogens with zero attached hydrogens (tertiary/aromatic N) is 1. The number of carbonyl (C=O) groups excluding carboxylic acids is 1. The molecule has 1 aliphatic heterocycles. The third-order valence-electron chi connectivity index (χ3n) is 4.20. The second kappa shape index (κ2) is 6.94. The number of carbonyl (C=O) groups is 1. The maximum absolute atomic E-state index is 12.3. The lowest BCUT2D eigenvalue weighted by Gasteiger charge is -2.22. The molecular formula is C17H26N2O2. The Morgan fingerprint density at radius 1 is 1.29 bits per heavy atom. The molecule has 0 radical (unpaired) electrons. The van der Waals surface area contributed by atoms with E-state index in [2.05, 4.69) is 24.4 Å². The normalized spacial score (nSPS) is 17.6. The summed E-state index contributed by atoms with van der Waals surface area (Å²) in [5.74, 6) is 0.890. The molecule has 2 rings (SSSR count). The van der Waals surface area contributed by atoms with Crippen LogP contribution in [0.4, 0.5) is 0 Å². The molecule has 2 atom stereocenters. The molecule has 1 fully saturated rings. The summed E-state index contributed by atoms with van der Waals surface area (Å²) in [5, 5.41) is 3.22. The van der Waals surface area contributed by atoms with Crippen LogP contribution < -0.4 is 10.1 Å². The summed E-state index contributed by atoms with van der Waals surface area (Å²) < 4.78 is 5.88. The average Bonchev–Trinajstić information content (AvgIpc) is 3.01. The van der Waals surface area contributed by atoms with Crippen LogP contribution in [0, 0.1) is 6.92 Å². The van der Waals surface area contributed by atoms with Crippen LogP contribution >= 0.6 is 0 Å². The van der Waals surface area contributed by atoms with Crippen molar-refractivity contribution in [3.63, 3.8) is 0 Å². The highest BCUT2D eigenvalue weighted by Gasteiger charge is 2.24. The van der Waals surface area contributed by atoms with Gasteiger partial charge < -0.3 is 15.0 Å². The third kappa shape index (κ3) is 3.76. The van der Waals surface area contributed by atoms with Gasteiger partial charge in [-0.1, -0.05) is 12.1 Å². The second-order valence-electron chi connectivity index (χ2n) is 5.83. The first kappa shape index (κ1) is 15.8. The molecule has 1 saturated heterocycles. The van der Waals surface area contributed by atoms with Crippen molar-refractivity contribution >= 4 is 5.91 Å². The highest BCUT2D eigenvalue weighted by atomic mass is 16.5. The predicted molar refractivity (Wildman–Crippen MR) is 84.6 cm³/mol. The minimum absolute atomic E-state index is 0.0968. The van der Waals surface area contributed by atoms with Gasteiger partial charge in [0.2, 0.25) is 0 Å². The number of rotatable bonds is 5. The van der Waals surface area contributed by atoms with Gasteiger partial charge in [-0.05, 0) is 57.9 Å². The number of ether oxygens (including phenoxy) is 1. The lowest BCUT2D eigenvalue weighted by Crippen LogP contribution is -2.38. The van der Waals surface area contributed by atoms with Crippen LogP contribution in [0.15, 0.2) is 18.2 Å². The van der Waals surface area contributed by atoms with E-state index in [1.807, 2.05) is 31.9 Å². The first-order chi connectivity index (χ1) is 10.0. The van der Waals surface area contributed by atoms with Crippen molar-refractivity contribution in [1.29, 1.82) is 0 Å². The van der Waals surface area contributed by atoms with Gasteiger partial charge in [-0.15, -0.1) is 0 Å². The van der Waals surface area contributed by atoms with Crippen molar-refractivity contribution < 1.29 is 9.53 Å². The molecule has 1 aromatic rings. The van der Waals surface area contributed by atoms with Crippen molar-refractivity contribution in [3.8, 4) is 5.75 Å². The second-order valence-corrected chi connectivity index (χ2v) is 5.83. The monoisotopic (exact) mass is 290 g/mol. The molecule has 1 aromatic carbocycles. The van der Waals surface area contributed by atoms with E-state index in [9.17, 15) is 4.79 Å². The molecule has 2 unspecified atom stereocenters. The van der Waals surface area contributed by atoms with Crippen molar-refractivity contribution in [2.75, 3.05) is 20.1 Å². The Morgan fingerprint density at radius 3 is 2.52 bits per heavy atom. The highest BCUT2D eigenvalue weighted by Crippen LogP contribution is 2.24. The van der Waals surface area contributed by atoms with Gasteiger partial charge in [0.25, 0.3) is 5.91 Å². The molecule has 0 bridgehead atoms. The Morgan fingerprint density at radius 2 is 1.95 bits per heavy atom. The van der Waals surface area contributed by atoms with Crippen LogP contribution in [-0.2, 0) is 4.79 Å². The Balaban J connectivity index is 2.03. The summed E-state index contributed by atoms with van der Waals surface area (Å²) in [4.78, 5) is 14.2. The maximum Gasteiger partial charge on any atom is 0.263 e. The van der Waals surface area contributed by atoms with Crippen molar-refractivity contribution in [1.82, 2.24) is 10.2 Å². The topological polar surface area (TPSA) is 41.6 Å². The number of aryl methyl sites for hydroxylation is 1. The summed E-state index contributed by atoms with van der Waals surface area (Å²) in [7, 11) is 1.95. The number of amides is 1. The van der Waals surface area contributed by atoms with Crippen LogP contribution in [0.25, 0.3) is 0 Å². The first-order valence-corrected chi connectivity index (χ1v) is 7.76. The summed E-state index contributed by atoms with van der Waals surface area (Å²) in [6, 6.07) is 6.44. The van der Waals surface area contributed by atoms with Crippen LogP contribution in [0.2, 0.25) is 0 Å². The van der Waals surface area contributed by atoms with Crippen LogP contribution in [0.3, 0.4) is 0 Å². The van der Waals surface area contributed by atoms with Gasteiger partial charge in [-0.25, -0.2) is 0 Å². The molecule has 0 aliphatic carbocycles. The minimum atomic E-state index is -0.422. The van der Waals surface area contributed by atoms with Crippen LogP contribution in [0.1, 0.15) is 43.9 Å². The van der Waals surface area contributed by atoms with Gasteiger partial charge in [0.1, 0.15) is 5.75 Å². The molecule has 0 spiro atoms. The van der Waals surface area contributed by atoms with E-state index in [0.29, 0.717) is 6.04 Å². The number of hydrogen-bond acceptors (Lipinski definition) is 3. The summed E-state index contributed by atoms with van der Waals surface area (Å²) >= 11 is 0. The van der Waals surface area contributed by atoms with E-state index in [1.54, 1.807) is 0 Å². The molecule has 1 heterocycles. The number of benzene rings is 1. The fraction of sp³-hybridized carbons (Fsp3) is 0.588. The highest BCUT2D eigenvalue weighted by molar-refractivity contribution is 5.81. The van der Waals surface area contributed by atoms with E-state index >= 15 is 0 Å². The Kier molecular flexibility index (Phi) is 5.23. The van der Waals surface area contributed by atoms with Crippen molar-refractivity contribution in [2.45, 2.75) is 45.8 Å². The fourth-order valence-electron chi connectivity index (χ4n) is 2.68. The Bertz CT molecular complexity index is 496. The van der Waals surface area contributed by atoms with Crippen LogP contribution in [-0.4, -0.2) is 37.0 Å². The van der Waals surface area contributed by atoms with E-state index < -0.39 is 6.10 Å². The number of nitrogens with one attached hydrogen (secondary N) is 1. The van der Waals surface area contributed by atoms with E-state index in [1.165, 1.54) is 5.56 Å². The molecule has 4 nitrogen and oxygen atoms in total. The number of hydrogen-bond donors (Lipinski definition) is 1. The van der Waals surface area contributed by atoms with Gasteiger partial charge in [0.05, 0.1) is 0 Å². The average molecular weight is 290 g/mol. The molecular weight excluding hydrogens is 264 g/mol. The summed E-state index contributed by atoms with van der Waals surface area (Å²) in [6.45, 7) is 7.71. The molecule has 1 N–H and O–H groups in total. The van der Waals surface area contributed by atoms with Crippen molar-refractivity contribution in [2.24, 2.45) is 0 Å². The Hall–Kier alpha value is -1.55. The minimum Gasteiger partial charge on any atom is -0.481 e.